The number of fused-ring (bicyclic) bond motifs is 1. The molecule has 0 spiro atoms. The molecule has 4 rings (SSSR count). The topological polar surface area (TPSA) is 76.8 Å². The number of carbonyl (C=O) groups excluding carboxylic acids is 1. The first-order chi connectivity index (χ1) is 15.3. The number of rotatable bonds is 6. The molecule has 0 unspecified atom stereocenters. The number of amides is 1. The van der Waals surface area contributed by atoms with Crippen LogP contribution in [0.2, 0.25) is 5.02 Å². The molecule has 0 aliphatic rings. The monoisotopic (exact) mass is 468 g/mol. The van der Waals surface area contributed by atoms with Crippen molar-refractivity contribution >= 4 is 33.8 Å². The molecule has 0 fully saturated rings. The molecule has 0 atom stereocenters. The van der Waals surface area contributed by atoms with Gasteiger partial charge in [-0.2, -0.15) is 10.1 Å². The van der Waals surface area contributed by atoms with E-state index in [1.165, 1.54) is 16.2 Å². The molecule has 0 saturated heterocycles. The summed E-state index contributed by atoms with van der Waals surface area (Å²) in [5, 5.41) is 7.18. The van der Waals surface area contributed by atoms with Crippen molar-refractivity contribution in [1.29, 1.82) is 0 Å². The van der Waals surface area contributed by atoms with E-state index in [-0.39, 0.29) is 18.1 Å². The van der Waals surface area contributed by atoms with E-state index in [0.29, 0.717) is 27.8 Å². The predicted molar refractivity (Wildman–Crippen MR) is 126 cm³/mol. The lowest BCUT2D eigenvalue weighted by Gasteiger charge is -2.13. The maximum absolute atomic E-state index is 12.5. The van der Waals surface area contributed by atoms with Crippen LogP contribution in [0.4, 0.5) is 0 Å². The van der Waals surface area contributed by atoms with Crippen LogP contribution in [-0.4, -0.2) is 46.1 Å². The van der Waals surface area contributed by atoms with Gasteiger partial charge in [-0.25, -0.2) is 4.52 Å². The Morgan fingerprint density at radius 2 is 1.94 bits per heavy atom. The second-order valence-corrected chi connectivity index (χ2v) is 8.81. The molecule has 2 aromatic carbocycles. The van der Waals surface area contributed by atoms with Crippen molar-refractivity contribution in [3.8, 4) is 17.0 Å². The van der Waals surface area contributed by atoms with Crippen LogP contribution >= 0.6 is 22.9 Å². The average molecular weight is 469 g/mol. The van der Waals surface area contributed by atoms with Crippen molar-refractivity contribution < 1.29 is 9.53 Å². The summed E-state index contributed by atoms with van der Waals surface area (Å²) in [6.45, 7) is 1.94. The highest BCUT2D eigenvalue weighted by atomic mass is 35.5. The fourth-order valence-corrected chi connectivity index (χ4v) is 4.11. The number of hydrogen-bond donors (Lipinski definition) is 0. The molecule has 0 bridgehead atoms. The molecule has 0 saturated carbocycles. The van der Waals surface area contributed by atoms with E-state index in [9.17, 15) is 9.59 Å². The van der Waals surface area contributed by atoms with E-state index in [4.69, 9.17) is 16.3 Å². The largest absolute Gasteiger partial charge is 0.484 e. The lowest BCUT2D eigenvalue weighted by atomic mass is 10.1. The summed E-state index contributed by atoms with van der Waals surface area (Å²) in [4.78, 5) is 30.5. The molecular weight excluding hydrogens is 448 g/mol. The zero-order chi connectivity index (χ0) is 22.8. The highest BCUT2D eigenvalue weighted by Crippen LogP contribution is 2.29. The number of likely N-dealkylation sites (N-methyl/N-ethyl adjacent to an activating group) is 1. The molecule has 1 amide bonds. The Balaban J connectivity index is 1.65. The molecule has 2 heterocycles. The van der Waals surface area contributed by atoms with E-state index in [0.717, 1.165) is 22.4 Å². The van der Waals surface area contributed by atoms with E-state index in [1.807, 2.05) is 42.6 Å². The van der Waals surface area contributed by atoms with Gasteiger partial charge in [0, 0.05) is 36.5 Å². The number of ether oxygens (including phenoxy) is 1. The molecule has 32 heavy (non-hydrogen) atoms. The van der Waals surface area contributed by atoms with Gasteiger partial charge >= 0.3 is 0 Å². The lowest BCUT2D eigenvalue weighted by molar-refractivity contribution is -0.130. The number of thiazole rings is 1. The van der Waals surface area contributed by atoms with Gasteiger partial charge in [0.1, 0.15) is 11.4 Å². The van der Waals surface area contributed by atoms with Crippen LogP contribution in [0, 0.1) is 6.92 Å². The number of hydrogen-bond acceptors (Lipinski definition) is 6. The second-order valence-electron chi connectivity index (χ2n) is 7.54. The molecule has 0 aliphatic carbocycles. The van der Waals surface area contributed by atoms with Crippen LogP contribution in [-0.2, 0) is 11.2 Å². The van der Waals surface area contributed by atoms with Crippen molar-refractivity contribution in [3.63, 3.8) is 0 Å². The average Bonchev–Trinajstić information content (AvgIpc) is 3.16. The molecule has 164 valence electrons. The maximum Gasteiger partial charge on any atom is 0.296 e. The Bertz CT molecular complexity index is 1350. The van der Waals surface area contributed by atoms with E-state index in [1.54, 1.807) is 30.7 Å². The van der Waals surface area contributed by atoms with E-state index >= 15 is 0 Å². The fourth-order valence-electron chi connectivity index (χ4n) is 3.17. The molecular formula is C23H21ClN4O3S. The van der Waals surface area contributed by atoms with Crippen molar-refractivity contribution in [3.05, 3.63) is 80.0 Å². The predicted octanol–water partition coefficient (Wildman–Crippen LogP) is 3.84. The molecule has 0 aliphatic heterocycles. The number of benzene rings is 2. The Morgan fingerprint density at radius 3 is 2.62 bits per heavy atom. The third-order valence-corrected chi connectivity index (χ3v) is 6.04. The third-order valence-electron chi connectivity index (χ3n) is 4.97. The first kappa shape index (κ1) is 22.0. The minimum Gasteiger partial charge on any atom is -0.484 e. The molecule has 9 heteroatoms. The highest BCUT2D eigenvalue weighted by molar-refractivity contribution is 7.15. The van der Waals surface area contributed by atoms with Crippen LogP contribution in [0.5, 0.6) is 5.75 Å². The van der Waals surface area contributed by atoms with Crippen molar-refractivity contribution in [2.45, 2.75) is 13.3 Å². The quantitative estimate of drug-likeness (QED) is 0.429. The highest BCUT2D eigenvalue weighted by Gasteiger charge is 2.15. The van der Waals surface area contributed by atoms with Crippen LogP contribution in [0.3, 0.4) is 0 Å². The summed E-state index contributed by atoms with van der Waals surface area (Å²) in [6, 6.07) is 12.9. The Hall–Kier alpha value is -3.23. The van der Waals surface area contributed by atoms with Gasteiger partial charge in [0.25, 0.3) is 11.5 Å². The van der Waals surface area contributed by atoms with E-state index < -0.39 is 0 Å². The van der Waals surface area contributed by atoms with Gasteiger partial charge in [0.15, 0.2) is 6.61 Å². The number of aryl methyl sites for hydroxylation is 1. The zero-order valence-electron chi connectivity index (χ0n) is 17.8. The maximum atomic E-state index is 12.5. The first-order valence-electron chi connectivity index (χ1n) is 9.87. The molecule has 7 nitrogen and oxygen atoms in total. The summed E-state index contributed by atoms with van der Waals surface area (Å²) < 4.78 is 7.31. The van der Waals surface area contributed by atoms with E-state index in [2.05, 4.69) is 10.1 Å². The Labute approximate surface area is 193 Å². The van der Waals surface area contributed by atoms with Gasteiger partial charge in [-0.3, -0.25) is 9.59 Å². The van der Waals surface area contributed by atoms with Crippen LogP contribution < -0.4 is 10.3 Å². The minimum atomic E-state index is -0.334. The SMILES string of the molecule is Cc1cc(OCC(=O)N(C)C)ccc1-c1csc2nc(=O)c(Cc3ccc(Cl)cc3)nn12. The van der Waals surface area contributed by atoms with Gasteiger partial charge in [-0.15, -0.1) is 11.3 Å². The van der Waals surface area contributed by atoms with Gasteiger partial charge in [-0.1, -0.05) is 23.7 Å². The number of halogens is 1. The second kappa shape index (κ2) is 9.10. The third kappa shape index (κ3) is 4.66. The molecule has 0 radical (unpaired) electrons. The molecule has 0 N–H and O–H groups in total. The number of nitrogens with zero attached hydrogens (tertiary/aromatic N) is 4. The molecule has 4 aromatic rings. The van der Waals surface area contributed by atoms with Crippen molar-refractivity contribution in [1.82, 2.24) is 19.5 Å². The van der Waals surface area contributed by atoms with Gasteiger partial charge in [0.2, 0.25) is 4.96 Å². The van der Waals surface area contributed by atoms with Crippen LogP contribution in [0.25, 0.3) is 16.2 Å². The van der Waals surface area contributed by atoms with Crippen molar-refractivity contribution in [2.75, 3.05) is 20.7 Å². The van der Waals surface area contributed by atoms with Crippen molar-refractivity contribution in [2.24, 2.45) is 0 Å². The van der Waals surface area contributed by atoms with Gasteiger partial charge in [0.05, 0.1) is 5.69 Å². The first-order valence-corrected chi connectivity index (χ1v) is 11.1. The normalized spacial score (nSPS) is 11.0. The van der Waals surface area contributed by atoms with Crippen LogP contribution in [0.15, 0.2) is 52.6 Å². The van der Waals surface area contributed by atoms with Crippen LogP contribution in [0.1, 0.15) is 16.8 Å². The van der Waals surface area contributed by atoms with Gasteiger partial charge in [-0.05, 0) is 48.4 Å². The Morgan fingerprint density at radius 1 is 1.19 bits per heavy atom. The van der Waals surface area contributed by atoms with Gasteiger partial charge < -0.3 is 9.64 Å². The standard InChI is InChI=1S/C23H21ClN4O3S/c1-14-10-17(31-12-21(29)27(2)3)8-9-18(14)20-13-32-23-25-22(30)19(26-28(20)23)11-15-4-6-16(24)7-5-15/h4-10,13H,11-12H2,1-3H3. The number of aromatic nitrogens is 3. The fraction of sp³-hybridized carbons (Fsp3) is 0.217. The minimum absolute atomic E-state index is 0.0201. The number of carbonyl (C=O) groups is 1. The lowest BCUT2D eigenvalue weighted by Crippen LogP contribution is -2.27. The molecule has 2 aromatic heterocycles. The summed E-state index contributed by atoms with van der Waals surface area (Å²) in [5.41, 5.74) is 3.70. The summed E-state index contributed by atoms with van der Waals surface area (Å²) in [7, 11) is 3.38. The summed E-state index contributed by atoms with van der Waals surface area (Å²) in [6.07, 6.45) is 0.368. The Kier molecular flexibility index (Phi) is 6.25. The summed E-state index contributed by atoms with van der Waals surface area (Å²) >= 11 is 7.31. The summed E-state index contributed by atoms with van der Waals surface area (Å²) in [5.74, 6) is 0.505. The zero-order valence-corrected chi connectivity index (χ0v) is 19.4. The smallest absolute Gasteiger partial charge is 0.296 e.